The number of benzene rings is 1. The summed E-state index contributed by atoms with van der Waals surface area (Å²) in [4.78, 5) is 15.6. The lowest BCUT2D eigenvalue weighted by Crippen LogP contribution is -2.46. The van der Waals surface area contributed by atoms with Gasteiger partial charge in [-0.25, -0.2) is 13.6 Å². The first-order valence-corrected chi connectivity index (χ1v) is 11.9. The fourth-order valence-corrected chi connectivity index (χ4v) is 5.74. The van der Waals surface area contributed by atoms with Gasteiger partial charge in [-0.3, -0.25) is 9.13 Å². The average molecular weight is 436 g/mol. The quantitative estimate of drug-likeness (QED) is 0.737. The van der Waals surface area contributed by atoms with Crippen LogP contribution in [0.3, 0.4) is 0 Å². The van der Waals surface area contributed by atoms with Crippen molar-refractivity contribution in [2.75, 3.05) is 26.2 Å². The van der Waals surface area contributed by atoms with E-state index in [0.717, 1.165) is 26.1 Å². The SMILES string of the molecule is O=c1n(CC(F)F)c2ccccc2n1C1CCN(CC2CCCCCCC2)CC1CO. The van der Waals surface area contributed by atoms with Crippen molar-refractivity contribution in [2.24, 2.45) is 11.8 Å². The Morgan fingerprint density at radius 3 is 2.35 bits per heavy atom. The lowest BCUT2D eigenvalue weighted by molar-refractivity contribution is 0.0641. The summed E-state index contributed by atoms with van der Waals surface area (Å²) in [5, 5.41) is 10.2. The van der Waals surface area contributed by atoms with Gasteiger partial charge in [-0.2, -0.15) is 0 Å². The first-order valence-electron chi connectivity index (χ1n) is 11.9. The van der Waals surface area contributed by atoms with Crippen molar-refractivity contribution < 1.29 is 13.9 Å². The van der Waals surface area contributed by atoms with Crippen LogP contribution < -0.4 is 5.69 Å². The zero-order chi connectivity index (χ0) is 21.8. The van der Waals surface area contributed by atoms with Crippen molar-refractivity contribution in [3.05, 3.63) is 34.7 Å². The molecule has 0 radical (unpaired) electrons. The molecular formula is C24H35F2N3O2. The van der Waals surface area contributed by atoms with Crippen LogP contribution in [-0.4, -0.2) is 51.8 Å². The van der Waals surface area contributed by atoms with Crippen LogP contribution >= 0.6 is 0 Å². The van der Waals surface area contributed by atoms with Gasteiger partial charge in [0.15, 0.2) is 0 Å². The van der Waals surface area contributed by atoms with Crippen molar-refractivity contribution in [3.8, 4) is 0 Å². The standard InChI is InChI=1S/C24H35F2N3O2/c25-23(26)16-28-21-10-6-7-11-22(21)29(24(28)31)20-12-13-27(15-19(20)17-30)14-18-8-4-2-1-3-5-9-18/h6-7,10-11,18-20,23,30H,1-5,8-9,12-17H2. The molecule has 1 aliphatic carbocycles. The maximum absolute atomic E-state index is 13.2. The number of nitrogens with zero attached hydrogens (tertiary/aromatic N) is 3. The predicted octanol–water partition coefficient (Wildman–Crippen LogP) is 4.28. The van der Waals surface area contributed by atoms with E-state index in [0.29, 0.717) is 17.0 Å². The van der Waals surface area contributed by atoms with Crippen LogP contribution in [0.5, 0.6) is 0 Å². The zero-order valence-corrected chi connectivity index (χ0v) is 18.3. The molecular weight excluding hydrogens is 400 g/mol. The van der Waals surface area contributed by atoms with E-state index >= 15 is 0 Å². The van der Waals surface area contributed by atoms with Crippen molar-refractivity contribution >= 4 is 11.0 Å². The molecule has 1 N–H and O–H groups in total. The maximum atomic E-state index is 13.2. The molecule has 1 aromatic heterocycles. The van der Waals surface area contributed by atoms with Gasteiger partial charge in [-0.05, 0) is 37.3 Å². The van der Waals surface area contributed by atoms with E-state index in [4.69, 9.17) is 0 Å². The van der Waals surface area contributed by atoms with E-state index in [1.165, 1.54) is 49.5 Å². The van der Waals surface area contributed by atoms with Crippen molar-refractivity contribution in [1.82, 2.24) is 14.0 Å². The van der Waals surface area contributed by atoms with E-state index in [-0.39, 0.29) is 18.6 Å². The number of hydrogen-bond acceptors (Lipinski definition) is 3. The number of aromatic nitrogens is 2. The molecule has 0 amide bonds. The van der Waals surface area contributed by atoms with Crippen molar-refractivity contribution in [2.45, 2.75) is 70.4 Å². The monoisotopic (exact) mass is 435 g/mol. The van der Waals surface area contributed by atoms with Crippen molar-refractivity contribution in [3.63, 3.8) is 0 Å². The molecule has 5 nitrogen and oxygen atoms in total. The molecule has 2 fully saturated rings. The number of imidazole rings is 1. The molecule has 2 aliphatic rings. The van der Waals surface area contributed by atoms with Crippen LogP contribution in [0.1, 0.15) is 57.4 Å². The Labute approximate surface area is 182 Å². The number of alkyl halides is 2. The van der Waals surface area contributed by atoms with Gasteiger partial charge in [0.25, 0.3) is 6.43 Å². The Balaban J connectivity index is 1.54. The third-order valence-corrected chi connectivity index (χ3v) is 7.27. The highest BCUT2D eigenvalue weighted by Gasteiger charge is 2.33. The van der Waals surface area contributed by atoms with Gasteiger partial charge < -0.3 is 10.0 Å². The van der Waals surface area contributed by atoms with E-state index in [1.54, 1.807) is 16.7 Å². The van der Waals surface area contributed by atoms with Crippen LogP contribution in [0.2, 0.25) is 0 Å². The second kappa shape index (κ2) is 10.3. The van der Waals surface area contributed by atoms with Crippen LogP contribution in [0.15, 0.2) is 29.1 Å². The molecule has 4 rings (SSSR count). The van der Waals surface area contributed by atoms with Gasteiger partial charge in [0.05, 0.1) is 17.6 Å². The molecule has 0 bridgehead atoms. The molecule has 1 saturated carbocycles. The van der Waals surface area contributed by atoms with E-state index < -0.39 is 18.7 Å². The Bertz CT molecular complexity index is 902. The summed E-state index contributed by atoms with van der Waals surface area (Å²) >= 11 is 0. The highest BCUT2D eigenvalue weighted by molar-refractivity contribution is 5.76. The first-order chi connectivity index (χ1) is 15.1. The van der Waals surface area contributed by atoms with E-state index in [1.807, 2.05) is 12.1 Å². The third kappa shape index (κ3) is 5.03. The van der Waals surface area contributed by atoms with Gasteiger partial charge in [0, 0.05) is 38.2 Å². The summed E-state index contributed by atoms with van der Waals surface area (Å²) in [6, 6.07) is 6.99. The van der Waals surface area contributed by atoms with Gasteiger partial charge in [0.2, 0.25) is 0 Å². The third-order valence-electron chi connectivity index (χ3n) is 7.27. The largest absolute Gasteiger partial charge is 0.396 e. The zero-order valence-electron chi connectivity index (χ0n) is 18.3. The number of halogens is 2. The second-order valence-electron chi connectivity index (χ2n) is 9.41. The molecule has 7 heteroatoms. The number of aliphatic hydroxyl groups is 1. The summed E-state index contributed by atoms with van der Waals surface area (Å²) in [5.74, 6) is 0.637. The van der Waals surface area contributed by atoms with Crippen LogP contribution in [-0.2, 0) is 6.54 Å². The predicted molar refractivity (Wildman–Crippen MR) is 119 cm³/mol. The Morgan fingerprint density at radius 2 is 1.68 bits per heavy atom. The number of aliphatic hydroxyl groups excluding tert-OH is 1. The smallest absolute Gasteiger partial charge is 0.329 e. The fraction of sp³-hybridized carbons (Fsp3) is 0.708. The topological polar surface area (TPSA) is 50.4 Å². The van der Waals surface area contributed by atoms with Gasteiger partial charge in [0.1, 0.15) is 0 Å². The number of likely N-dealkylation sites (tertiary alicyclic amines) is 1. The van der Waals surface area contributed by atoms with Crippen LogP contribution in [0.25, 0.3) is 11.0 Å². The van der Waals surface area contributed by atoms with Gasteiger partial charge in [-0.15, -0.1) is 0 Å². The molecule has 2 aromatic rings. The normalized spacial score (nSPS) is 24.5. The summed E-state index contributed by atoms with van der Waals surface area (Å²) in [6.45, 7) is 2.07. The molecule has 0 spiro atoms. The highest BCUT2D eigenvalue weighted by atomic mass is 19.3. The Hall–Kier alpha value is -1.73. The minimum atomic E-state index is -2.59. The molecule has 1 aromatic carbocycles. The maximum Gasteiger partial charge on any atom is 0.329 e. The number of rotatable bonds is 6. The van der Waals surface area contributed by atoms with Gasteiger partial charge >= 0.3 is 5.69 Å². The average Bonchev–Trinajstić information content (AvgIpc) is 3.01. The number of hydrogen-bond donors (Lipinski definition) is 1. The number of fused-ring (bicyclic) bond motifs is 1. The Morgan fingerprint density at radius 1 is 1.00 bits per heavy atom. The van der Waals surface area contributed by atoms with Gasteiger partial charge in [-0.1, -0.05) is 44.2 Å². The molecule has 1 aliphatic heterocycles. The number of para-hydroxylation sites is 2. The first kappa shape index (κ1) is 22.5. The summed E-state index contributed by atoms with van der Waals surface area (Å²) in [7, 11) is 0. The molecule has 1 saturated heterocycles. The molecule has 2 atom stereocenters. The molecule has 2 heterocycles. The summed E-state index contributed by atoms with van der Waals surface area (Å²) in [6.07, 6.45) is 7.38. The van der Waals surface area contributed by atoms with Crippen LogP contribution in [0, 0.1) is 11.8 Å². The van der Waals surface area contributed by atoms with E-state index in [2.05, 4.69) is 4.90 Å². The minimum absolute atomic E-state index is 0.00731. The van der Waals surface area contributed by atoms with E-state index in [9.17, 15) is 18.7 Å². The fourth-order valence-electron chi connectivity index (χ4n) is 5.74. The summed E-state index contributed by atoms with van der Waals surface area (Å²) in [5.41, 5.74) is 0.838. The van der Waals surface area contributed by atoms with Crippen molar-refractivity contribution in [1.29, 1.82) is 0 Å². The van der Waals surface area contributed by atoms with Crippen LogP contribution in [0.4, 0.5) is 8.78 Å². The molecule has 31 heavy (non-hydrogen) atoms. The Kier molecular flexibility index (Phi) is 7.43. The lowest BCUT2D eigenvalue weighted by atomic mass is 9.88. The molecule has 172 valence electrons. The number of piperidine rings is 1. The second-order valence-corrected chi connectivity index (χ2v) is 9.41. The molecule has 2 unspecified atom stereocenters. The minimum Gasteiger partial charge on any atom is -0.396 e. The summed E-state index contributed by atoms with van der Waals surface area (Å²) < 4.78 is 29.1. The highest BCUT2D eigenvalue weighted by Crippen LogP contribution is 2.32. The lowest BCUT2D eigenvalue weighted by Gasteiger charge is -2.40.